The topological polar surface area (TPSA) is 90.0 Å². The zero-order chi connectivity index (χ0) is 18.1. The van der Waals surface area contributed by atoms with Gasteiger partial charge in [0.05, 0.1) is 24.3 Å². The standard InChI is InChI=1S/C18H21N5O2S/c1-12(2)26(24)15-11-16(23-7-9-25-10-8-23)21-17-13(15)3-5-19-18(17)14-4-6-20-22-14/h3-6,11-12H,7-10H2,1-2H3,(H,20,22). The molecule has 0 saturated carbocycles. The number of nitrogens with one attached hydrogen (secondary N) is 1. The van der Waals surface area contributed by atoms with Crippen LogP contribution in [-0.2, 0) is 15.9 Å². The minimum atomic E-state index is -1.13. The van der Waals surface area contributed by atoms with E-state index in [-0.39, 0.29) is 5.25 Å². The molecule has 0 radical (unpaired) electrons. The summed E-state index contributed by atoms with van der Waals surface area (Å²) < 4.78 is 18.4. The van der Waals surface area contributed by atoms with Gasteiger partial charge in [-0.15, -0.1) is 0 Å². The maximum atomic E-state index is 13.0. The normalized spacial score (nSPS) is 16.4. The number of anilines is 1. The second kappa shape index (κ2) is 7.22. The molecular formula is C18H21N5O2S. The van der Waals surface area contributed by atoms with E-state index in [9.17, 15) is 4.55 Å². The maximum Gasteiger partial charge on any atom is 0.166 e. The third-order valence-electron chi connectivity index (χ3n) is 4.41. The molecule has 0 bridgehead atoms. The predicted molar refractivity (Wildman–Crippen MR) is 102 cm³/mol. The Hall–Kier alpha value is -2.16. The number of nitrogens with zero attached hydrogens (tertiary/aromatic N) is 4. The van der Waals surface area contributed by atoms with Crippen molar-refractivity contribution in [3.05, 3.63) is 30.6 Å². The molecule has 4 rings (SSSR count). The molecule has 1 aliphatic heterocycles. The summed E-state index contributed by atoms with van der Waals surface area (Å²) in [5, 5.41) is 7.86. The molecule has 3 aromatic rings. The lowest BCUT2D eigenvalue weighted by atomic mass is 10.1. The van der Waals surface area contributed by atoms with E-state index in [1.165, 1.54) is 0 Å². The molecule has 1 atom stereocenters. The smallest absolute Gasteiger partial charge is 0.166 e. The number of fused-ring (bicyclic) bond motifs is 1. The van der Waals surface area contributed by atoms with Crippen LogP contribution in [-0.4, -0.2) is 56.3 Å². The van der Waals surface area contributed by atoms with Crippen molar-refractivity contribution in [2.24, 2.45) is 0 Å². The van der Waals surface area contributed by atoms with Gasteiger partial charge in [0.2, 0.25) is 0 Å². The van der Waals surface area contributed by atoms with Crippen molar-refractivity contribution in [2.45, 2.75) is 24.0 Å². The number of H-pyrrole nitrogens is 1. The largest absolute Gasteiger partial charge is 0.611 e. The van der Waals surface area contributed by atoms with Crippen molar-refractivity contribution >= 4 is 27.9 Å². The molecule has 0 spiro atoms. The lowest BCUT2D eigenvalue weighted by molar-refractivity contribution is 0.122. The van der Waals surface area contributed by atoms with Crippen LogP contribution in [0.1, 0.15) is 13.8 Å². The molecule has 0 aromatic carbocycles. The molecule has 136 valence electrons. The quantitative estimate of drug-likeness (QED) is 0.708. The highest BCUT2D eigenvalue weighted by Crippen LogP contribution is 2.33. The van der Waals surface area contributed by atoms with Crippen LogP contribution < -0.4 is 4.90 Å². The summed E-state index contributed by atoms with van der Waals surface area (Å²) in [6.45, 7) is 6.81. The number of pyridine rings is 2. The Morgan fingerprint density at radius 2 is 2.04 bits per heavy atom. The zero-order valence-corrected chi connectivity index (χ0v) is 15.6. The highest BCUT2D eigenvalue weighted by Gasteiger charge is 2.25. The van der Waals surface area contributed by atoms with Gasteiger partial charge in [0.1, 0.15) is 22.3 Å². The Balaban J connectivity index is 1.94. The Bertz CT molecular complexity index is 894. The number of morpholine rings is 1. The summed E-state index contributed by atoms with van der Waals surface area (Å²) >= 11 is -1.13. The summed E-state index contributed by atoms with van der Waals surface area (Å²) in [6.07, 6.45) is 3.42. The van der Waals surface area contributed by atoms with E-state index in [0.717, 1.165) is 46.1 Å². The predicted octanol–water partition coefficient (Wildman–Crippen LogP) is 2.37. The van der Waals surface area contributed by atoms with Gasteiger partial charge in [-0.05, 0) is 37.2 Å². The van der Waals surface area contributed by atoms with Crippen LogP contribution in [0.4, 0.5) is 5.82 Å². The second-order valence-corrected chi connectivity index (χ2v) is 8.43. The van der Waals surface area contributed by atoms with E-state index in [1.807, 2.05) is 32.0 Å². The van der Waals surface area contributed by atoms with Crippen LogP contribution in [0.25, 0.3) is 22.3 Å². The lowest BCUT2D eigenvalue weighted by Crippen LogP contribution is -2.37. The molecule has 8 heteroatoms. The fourth-order valence-corrected chi connectivity index (χ4v) is 4.18. The molecule has 3 aromatic heterocycles. The highest BCUT2D eigenvalue weighted by atomic mass is 32.2. The van der Waals surface area contributed by atoms with Crippen molar-refractivity contribution in [1.82, 2.24) is 20.2 Å². The average molecular weight is 371 g/mol. The van der Waals surface area contributed by atoms with E-state index in [0.29, 0.717) is 13.2 Å². The van der Waals surface area contributed by atoms with Crippen LogP contribution >= 0.6 is 0 Å². The summed E-state index contributed by atoms with van der Waals surface area (Å²) in [4.78, 5) is 12.4. The number of hydrogen-bond acceptors (Lipinski definition) is 6. The van der Waals surface area contributed by atoms with Crippen molar-refractivity contribution in [2.75, 3.05) is 31.2 Å². The van der Waals surface area contributed by atoms with Gasteiger partial charge >= 0.3 is 0 Å². The Kier molecular flexibility index (Phi) is 4.80. The Labute approximate surface area is 155 Å². The van der Waals surface area contributed by atoms with E-state index >= 15 is 0 Å². The summed E-state index contributed by atoms with van der Waals surface area (Å²) in [5.74, 6) is 0.818. The molecule has 7 nitrogen and oxygen atoms in total. The first-order chi connectivity index (χ1) is 12.6. The van der Waals surface area contributed by atoms with Gasteiger partial charge < -0.3 is 14.2 Å². The van der Waals surface area contributed by atoms with Crippen molar-refractivity contribution in [3.63, 3.8) is 0 Å². The number of aromatic amines is 1. The van der Waals surface area contributed by atoms with Gasteiger partial charge in [0.25, 0.3) is 0 Å². The van der Waals surface area contributed by atoms with E-state index in [2.05, 4.69) is 20.1 Å². The third-order valence-corrected chi connectivity index (χ3v) is 6.04. The zero-order valence-electron chi connectivity index (χ0n) is 14.8. The van der Waals surface area contributed by atoms with Crippen LogP contribution in [0.3, 0.4) is 0 Å². The fourth-order valence-electron chi connectivity index (χ4n) is 3.07. The van der Waals surface area contributed by atoms with E-state index in [1.54, 1.807) is 12.4 Å². The minimum absolute atomic E-state index is 0.0157. The molecular weight excluding hydrogens is 350 g/mol. The van der Waals surface area contributed by atoms with Gasteiger partial charge in [0, 0.05) is 31.5 Å². The van der Waals surface area contributed by atoms with E-state index < -0.39 is 11.2 Å². The molecule has 1 fully saturated rings. The molecule has 1 N–H and O–H groups in total. The Morgan fingerprint density at radius 1 is 1.23 bits per heavy atom. The molecule has 1 unspecified atom stereocenters. The van der Waals surface area contributed by atoms with Crippen molar-refractivity contribution < 1.29 is 9.29 Å². The molecule has 0 aliphatic carbocycles. The molecule has 26 heavy (non-hydrogen) atoms. The van der Waals surface area contributed by atoms with Crippen molar-refractivity contribution in [1.29, 1.82) is 0 Å². The average Bonchev–Trinajstić information content (AvgIpc) is 3.21. The van der Waals surface area contributed by atoms with Crippen LogP contribution in [0, 0.1) is 0 Å². The van der Waals surface area contributed by atoms with Gasteiger partial charge in [-0.1, -0.05) is 0 Å². The van der Waals surface area contributed by atoms with Crippen LogP contribution in [0.15, 0.2) is 35.5 Å². The minimum Gasteiger partial charge on any atom is -0.611 e. The summed E-state index contributed by atoms with van der Waals surface area (Å²) in [5.41, 5.74) is 2.25. The molecule has 1 aliphatic rings. The van der Waals surface area contributed by atoms with E-state index in [4.69, 9.17) is 9.72 Å². The molecule has 0 amide bonds. The van der Waals surface area contributed by atoms with Gasteiger partial charge in [0.15, 0.2) is 4.90 Å². The lowest BCUT2D eigenvalue weighted by Gasteiger charge is -2.28. The first-order valence-corrected chi connectivity index (χ1v) is 9.89. The van der Waals surface area contributed by atoms with Gasteiger partial charge in [-0.2, -0.15) is 5.10 Å². The SMILES string of the molecule is CC(C)[S+]([O-])c1cc(N2CCOCC2)nc2c(-c3ccn[nH]3)nccc12. The number of ether oxygens (including phenoxy) is 1. The van der Waals surface area contributed by atoms with Gasteiger partial charge in [-0.25, -0.2) is 4.98 Å². The van der Waals surface area contributed by atoms with Gasteiger partial charge in [-0.3, -0.25) is 10.1 Å². The summed E-state index contributed by atoms with van der Waals surface area (Å²) in [7, 11) is 0. The van der Waals surface area contributed by atoms with Crippen molar-refractivity contribution in [3.8, 4) is 11.4 Å². The molecule has 1 saturated heterocycles. The van der Waals surface area contributed by atoms with Crippen LogP contribution in [0.5, 0.6) is 0 Å². The number of aromatic nitrogens is 4. The number of rotatable bonds is 4. The fraction of sp³-hybridized carbons (Fsp3) is 0.389. The highest BCUT2D eigenvalue weighted by molar-refractivity contribution is 7.92. The second-order valence-electron chi connectivity index (χ2n) is 6.45. The third kappa shape index (κ3) is 3.15. The summed E-state index contributed by atoms with van der Waals surface area (Å²) in [6, 6.07) is 5.71. The Morgan fingerprint density at radius 3 is 2.73 bits per heavy atom. The maximum absolute atomic E-state index is 13.0. The molecule has 4 heterocycles. The first-order valence-electron chi connectivity index (χ1n) is 8.68. The van der Waals surface area contributed by atoms with Crippen LogP contribution in [0.2, 0.25) is 0 Å². The monoisotopic (exact) mass is 371 g/mol. The first kappa shape index (κ1) is 17.3. The number of hydrogen-bond donors (Lipinski definition) is 1.